The molecule has 5 nitrogen and oxygen atoms in total. The van der Waals surface area contributed by atoms with Crippen LogP contribution in [0, 0.1) is 0 Å². The van der Waals surface area contributed by atoms with E-state index >= 15 is 0 Å². The van der Waals surface area contributed by atoms with Crippen LogP contribution in [0.3, 0.4) is 0 Å². The summed E-state index contributed by atoms with van der Waals surface area (Å²) in [5, 5.41) is 17.3. The average Bonchev–Trinajstić information content (AvgIpc) is 2.20. The molecule has 0 spiro atoms. The molecule has 0 aliphatic carbocycles. The van der Waals surface area contributed by atoms with Gasteiger partial charge in [0.25, 0.3) is 0 Å². The van der Waals surface area contributed by atoms with Gasteiger partial charge in [0.1, 0.15) is 0 Å². The third-order valence-corrected chi connectivity index (χ3v) is 1.82. The first-order chi connectivity index (χ1) is 6.85. The van der Waals surface area contributed by atoms with E-state index in [1.807, 2.05) is 0 Å². The largest absolute Gasteiger partial charge is 0.395 e. The quantitative estimate of drug-likeness (QED) is 0.447. The predicted molar refractivity (Wildman–Crippen MR) is 53.3 cm³/mol. The van der Waals surface area contributed by atoms with Crippen molar-refractivity contribution < 1.29 is 19.7 Å². The molecule has 0 unspecified atom stereocenters. The van der Waals surface area contributed by atoms with Crippen LogP contribution in [0.1, 0.15) is 0 Å². The second-order valence-electron chi connectivity index (χ2n) is 2.89. The van der Waals surface area contributed by atoms with Crippen molar-refractivity contribution in [2.75, 3.05) is 59.8 Å². The highest BCUT2D eigenvalue weighted by Gasteiger charge is 2.02. The minimum atomic E-state index is 0.0536. The Balaban J connectivity index is 3.40. The molecule has 0 amide bonds. The zero-order chi connectivity index (χ0) is 10.6. The van der Waals surface area contributed by atoms with Crippen LogP contribution in [-0.4, -0.2) is 74.9 Å². The Morgan fingerprint density at radius 2 is 1.64 bits per heavy atom. The van der Waals surface area contributed by atoms with Gasteiger partial charge in [-0.3, -0.25) is 4.90 Å². The summed E-state index contributed by atoms with van der Waals surface area (Å²) in [4.78, 5) is 2.06. The van der Waals surface area contributed by atoms with Gasteiger partial charge < -0.3 is 19.7 Å². The molecule has 0 aromatic heterocycles. The molecule has 86 valence electrons. The molecule has 0 aliphatic rings. The van der Waals surface area contributed by atoms with Crippen molar-refractivity contribution in [3.63, 3.8) is 0 Å². The van der Waals surface area contributed by atoms with Gasteiger partial charge in [0.15, 0.2) is 0 Å². The average molecular weight is 207 g/mol. The Kier molecular flexibility index (Phi) is 10.7. The van der Waals surface area contributed by atoms with Crippen LogP contribution in [0.15, 0.2) is 0 Å². The van der Waals surface area contributed by atoms with Crippen molar-refractivity contribution in [3.05, 3.63) is 0 Å². The zero-order valence-corrected chi connectivity index (χ0v) is 8.81. The molecule has 0 saturated heterocycles. The lowest BCUT2D eigenvalue weighted by molar-refractivity contribution is 0.0608. The van der Waals surface area contributed by atoms with E-state index in [9.17, 15) is 0 Å². The Hall–Kier alpha value is -0.200. The highest BCUT2D eigenvalue weighted by Crippen LogP contribution is 1.88. The van der Waals surface area contributed by atoms with Crippen LogP contribution in [0.2, 0.25) is 0 Å². The molecule has 0 rings (SSSR count). The molecule has 0 saturated carbocycles. The summed E-state index contributed by atoms with van der Waals surface area (Å²) in [6.45, 7) is 3.97. The monoisotopic (exact) mass is 207 g/mol. The number of nitrogens with zero attached hydrogens (tertiary/aromatic N) is 1. The second-order valence-corrected chi connectivity index (χ2v) is 2.89. The molecule has 0 heterocycles. The number of rotatable bonds is 10. The van der Waals surface area contributed by atoms with Gasteiger partial charge in [0.2, 0.25) is 0 Å². The van der Waals surface area contributed by atoms with Crippen molar-refractivity contribution in [1.29, 1.82) is 0 Å². The molecule has 0 atom stereocenters. The molecule has 2 N–H and O–H groups in total. The summed E-state index contributed by atoms with van der Waals surface area (Å²) in [6, 6.07) is 0. The Morgan fingerprint density at radius 3 is 2.21 bits per heavy atom. The third-order valence-electron chi connectivity index (χ3n) is 1.82. The maximum absolute atomic E-state index is 8.78. The molecular formula is C9H21NO4. The van der Waals surface area contributed by atoms with Crippen LogP contribution < -0.4 is 0 Å². The summed E-state index contributed by atoms with van der Waals surface area (Å²) in [7, 11) is 1.65. The van der Waals surface area contributed by atoms with Gasteiger partial charge in [-0.05, 0) is 0 Å². The van der Waals surface area contributed by atoms with E-state index in [-0.39, 0.29) is 13.2 Å². The zero-order valence-electron chi connectivity index (χ0n) is 8.81. The van der Waals surface area contributed by atoms with Gasteiger partial charge >= 0.3 is 0 Å². The Labute approximate surface area is 85.2 Å². The van der Waals surface area contributed by atoms with Crippen LogP contribution in [0.5, 0.6) is 0 Å². The fourth-order valence-electron chi connectivity index (χ4n) is 1.06. The third kappa shape index (κ3) is 8.40. The smallest absolute Gasteiger partial charge is 0.0698 e. The fraction of sp³-hybridized carbons (Fsp3) is 1.00. The van der Waals surface area contributed by atoms with Gasteiger partial charge in [0, 0.05) is 26.7 Å². The second kappa shape index (κ2) is 10.9. The molecule has 14 heavy (non-hydrogen) atoms. The first-order valence-electron chi connectivity index (χ1n) is 4.86. The van der Waals surface area contributed by atoms with Crippen molar-refractivity contribution in [2.45, 2.75) is 0 Å². The lowest BCUT2D eigenvalue weighted by Gasteiger charge is -2.20. The van der Waals surface area contributed by atoms with Gasteiger partial charge in [-0.1, -0.05) is 0 Å². The minimum Gasteiger partial charge on any atom is -0.395 e. The fourth-order valence-corrected chi connectivity index (χ4v) is 1.06. The van der Waals surface area contributed by atoms with Crippen molar-refractivity contribution in [1.82, 2.24) is 4.90 Å². The molecular weight excluding hydrogens is 186 g/mol. The molecule has 0 aromatic carbocycles. The summed E-state index contributed by atoms with van der Waals surface area (Å²) in [6.07, 6.45) is 0. The van der Waals surface area contributed by atoms with E-state index < -0.39 is 0 Å². The van der Waals surface area contributed by atoms with Crippen molar-refractivity contribution >= 4 is 0 Å². The number of ether oxygens (including phenoxy) is 2. The molecule has 0 bridgehead atoms. The highest BCUT2D eigenvalue weighted by atomic mass is 16.5. The van der Waals surface area contributed by atoms with E-state index in [1.54, 1.807) is 7.11 Å². The lowest BCUT2D eigenvalue weighted by atomic mass is 10.4. The lowest BCUT2D eigenvalue weighted by Crippen LogP contribution is -2.33. The van der Waals surface area contributed by atoms with Crippen LogP contribution in [0.25, 0.3) is 0 Å². The number of hydrogen-bond donors (Lipinski definition) is 2. The van der Waals surface area contributed by atoms with E-state index in [0.717, 1.165) is 13.1 Å². The van der Waals surface area contributed by atoms with Gasteiger partial charge in [-0.2, -0.15) is 0 Å². The first-order valence-corrected chi connectivity index (χ1v) is 4.86. The normalized spacial score (nSPS) is 11.1. The van der Waals surface area contributed by atoms with Gasteiger partial charge in [-0.25, -0.2) is 0 Å². The molecule has 0 aromatic rings. The van der Waals surface area contributed by atoms with E-state index in [4.69, 9.17) is 19.7 Å². The van der Waals surface area contributed by atoms with Crippen molar-refractivity contribution in [2.24, 2.45) is 0 Å². The van der Waals surface area contributed by atoms with Crippen LogP contribution in [0.4, 0.5) is 0 Å². The van der Waals surface area contributed by atoms with E-state index in [2.05, 4.69) is 4.90 Å². The summed E-state index contributed by atoms with van der Waals surface area (Å²) >= 11 is 0. The summed E-state index contributed by atoms with van der Waals surface area (Å²) in [5.41, 5.74) is 0. The SMILES string of the molecule is COCCN(CCO)CCOCCO. The first kappa shape index (κ1) is 13.8. The van der Waals surface area contributed by atoms with E-state index in [0.29, 0.717) is 26.4 Å². The minimum absolute atomic E-state index is 0.0536. The van der Waals surface area contributed by atoms with Crippen LogP contribution >= 0.6 is 0 Å². The van der Waals surface area contributed by atoms with Crippen LogP contribution in [-0.2, 0) is 9.47 Å². The van der Waals surface area contributed by atoms with E-state index in [1.165, 1.54) is 0 Å². The Bertz CT molecular complexity index is 113. The topological polar surface area (TPSA) is 62.2 Å². The molecule has 0 radical (unpaired) electrons. The molecule has 0 aliphatic heterocycles. The summed E-state index contributed by atoms with van der Waals surface area (Å²) in [5.74, 6) is 0. The number of hydrogen-bond acceptors (Lipinski definition) is 5. The maximum Gasteiger partial charge on any atom is 0.0698 e. The number of methoxy groups -OCH3 is 1. The Morgan fingerprint density at radius 1 is 0.929 bits per heavy atom. The van der Waals surface area contributed by atoms with Gasteiger partial charge in [0.05, 0.1) is 33.0 Å². The van der Waals surface area contributed by atoms with Gasteiger partial charge in [-0.15, -0.1) is 0 Å². The highest BCUT2D eigenvalue weighted by molar-refractivity contribution is 4.55. The number of aliphatic hydroxyl groups is 2. The molecule has 5 heteroatoms. The van der Waals surface area contributed by atoms with Crippen molar-refractivity contribution in [3.8, 4) is 0 Å². The maximum atomic E-state index is 8.78. The predicted octanol–water partition coefficient (Wildman–Crippen LogP) is -1.06. The standard InChI is InChI=1S/C9H21NO4/c1-13-7-3-10(2-5-11)4-8-14-9-6-12/h11-12H,2-9H2,1H3. The molecule has 0 fully saturated rings. The number of aliphatic hydroxyl groups excluding tert-OH is 2. The summed E-state index contributed by atoms with van der Waals surface area (Å²) < 4.78 is 10.1.